The van der Waals surface area contributed by atoms with E-state index in [-0.39, 0.29) is 23.6 Å². The number of hydrogen-bond donors (Lipinski definition) is 2. The molecular weight excluding hydrogens is 431 g/mol. The zero-order chi connectivity index (χ0) is 23.2. The summed E-state index contributed by atoms with van der Waals surface area (Å²) in [6, 6.07) is 12.9. The maximum absolute atomic E-state index is 13.1. The van der Waals surface area contributed by atoms with Gasteiger partial charge in [0, 0.05) is 48.0 Å². The number of pyridine rings is 1. The van der Waals surface area contributed by atoms with Gasteiger partial charge in [0.1, 0.15) is 11.5 Å². The van der Waals surface area contributed by atoms with Crippen LogP contribution in [0.1, 0.15) is 41.7 Å². The third kappa shape index (κ3) is 4.03. The van der Waals surface area contributed by atoms with Crippen molar-refractivity contribution in [2.75, 3.05) is 11.9 Å². The zero-order valence-electron chi connectivity index (χ0n) is 18.1. The summed E-state index contributed by atoms with van der Waals surface area (Å²) < 4.78 is 40.9. The number of nitrogens with zero attached hydrogens (tertiary/aromatic N) is 3. The number of benzene rings is 1. The first kappa shape index (κ1) is 21.4. The number of aromatic nitrogens is 3. The van der Waals surface area contributed by atoms with E-state index < -0.39 is 11.9 Å². The van der Waals surface area contributed by atoms with E-state index in [9.17, 15) is 18.0 Å². The van der Waals surface area contributed by atoms with E-state index in [1.54, 1.807) is 18.2 Å². The molecule has 0 bridgehead atoms. The molecule has 6 nitrogen and oxygen atoms in total. The van der Waals surface area contributed by atoms with E-state index in [0.717, 1.165) is 42.8 Å². The Bertz CT molecular complexity index is 1300. The summed E-state index contributed by atoms with van der Waals surface area (Å²) in [6.07, 6.45) is 1.65. The molecule has 0 spiro atoms. The van der Waals surface area contributed by atoms with Gasteiger partial charge in [0.15, 0.2) is 5.69 Å². The molecule has 1 fully saturated rings. The topological polar surface area (TPSA) is 65.4 Å². The Hall–Kier alpha value is -3.49. The normalized spacial score (nSPS) is 19.2. The molecule has 1 amide bonds. The summed E-state index contributed by atoms with van der Waals surface area (Å²) in [6.45, 7) is 0. The third-order valence-corrected chi connectivity index (χ3v) is 6.54. The summed E-state index contributed by atoms with van der Waals surface area (Å²) in [5, 5.41) is 4.05. The van der Waals surface area contributed by atoms with Crippen LogP contribution < -0.4 is 10.2 Å². The number of nitrogens with one attached hydrogen (secondary N) is 2. The van der Waals surface area contributed by atoms with Gasteiger partial charge in [0.25, 0.3) is 5.91 Å². The minimum absolute atomic E-state index is 0.0669. The van der Waals surface area contributed by atoms with Gasteiger partial charge in [-0.25, -0.2) is 4.98 Å². The van der Waals surface area contributed by atoms with Crippen LogP contribution in [0.15, 0.2) is 54.9 Å². The van der Waals surface area contributed by atoms with Crippen LogP contribution in [-0.4, -0.2) is 39.4 Å². The number of aromatic amines is 1. The van der Waals surface area contributed by atoms with E-state index in [1.165, 1.54) is 4.40 Å². The van der Waals surface area contributed by atoms with Crippen LogP contribution in [0, 0.1) is 0 Å². The average Bonchev–Trinajstić information content (AvgIpc) is 3.45. The van der Waals surface area contributed by atoms with Gasteiger partial charge in [0.05, 0.1) is 0 Å². The Morgan fingerprint density at radius 3 is 2.64 bits per heavy atom. The molecule has 2 N–H and O–H groups in total. The van der Waals surface area contributed by atoms with Crippen LogP contribution >= 0.6 is 0 Å². The molecule has 0 unspecified atom stereocenters. The molecule has 1 aliphatic rings. The molecule has 0 atom stereocenters. The monoisotopic (exact) mass is 455 g/mol. The number of alkyl halides is 3. The number of amides is 1. The lowest BCUT2D eigenvalue weighted by molar-refractivity contribution is -0.140. The molecule has 1 saturated carbocycles. The van der Waals surface area contributed by atoms with Gasteiger partial charge in [-0.2, -0.15) is 13.2 Å². The van der Waals surface area contributed by atoms with Crippen molar-refractivity contribution < 1.29 is 18.0 Å². The number of carbonyl (C=O) groups is 1. The highest BCUT2D eigenvalue weighted by Crippen LogP contribution is 2.32. The minimum Gasteiger partial charge on any atom is -0.361 e. The molecule has 0 aliphatic heterocycles. The molecule has 4 aromatic rings. The standard InChI is InChI=1S/C24H24F3N5O/c1-31(22-7-3-6-21-30-20(14-32(21)22)24(25,26)27)16-10-8-15(9-11-16)29-23(33)18-4-2-5-19-17(18)12-13-28-19/h2-7,12-16,28H,8-11H2,1H3,(H,29,33). The van der Waals surface area contributed by atoms with Gasteiger partial charge in [-0.3, -0.25) is 9.20 Å². The summed E-state index contributed by atoms with van der Waals surface area (Å²) in [4.78, 5) is 21.7. The van der Waals surface area contributed by atoms with Crippen LogP contribution in [0.4, 0.5) is 19.0 Å². The Labute approximate surface area is 188 Å². The fourth-order valence-electron chi connectivity index (χ4n) is 4.76. The van der Waals surface area contributed by atoms with Crippen molar-refractivity contribution in [3.05, 3.63) is 66.1 Å². The highest BCUT2D eigenvalue weighted by Gasteiger charge is 2.34. The second kappa shape index (κ2) is 8.13. The number of imidazole rings is 1. The van der Waals surface area contributed by atoms with Crippen molar-refractivity contribution in [1.29, 1.82) is 0 Å². The van der Waals surface area contributed by atoms with Crippen molar-refractivity contribution in [1.82, 2.24) is 19.7 Å². The first-order chi connectivity index (χ1) is 15.8. The van der Waals surface area contributed by atoms with Crippen LogP contribution in [0.5, 0.6) is 0 Å². The fourth-order valence-corrected chi connectivity index (χ4v) is 4.76. The number of carbonyl (C=O) groups excluding carboxylic acids is 1. The summed E-state index contributed by atoms with van der Waals surface area (Å²) in [7, 11) is 1.90. The third-order valence-electron chi connectivity index (χ3n) is 6.54. The highest BCUT2D eigenvalue weighted by molar-refractivity contribution is 6.06. The van der Waals surface area contributed by atoms with Gasteiger partial charge in [0.2, 0.25) is 0 Å². The summed E-state index contributed by atoms with van der Waals surface area (Å²) in [5.41, 5.74) is 0.953. The lowest BCUT2D eigenvalue weighted by Crippen LogP contribution is -2.43. The second-order valence-electron chi connectivity index (χ2n) is 8.57. The second-order valence-corrected chi connectivity index (χ2v) is 8.57. The maximum Gasteiger partial charge on any atom is 0.434 e. The van der Waals surface area contributed by atoms with Gasteiger partial charge in [-0.05, 0) is 56.0 Å². The van der Waals surface area contributed by atoms with Crippen molar-refractivity contribution in [3.63, 3.8) is 0 Å². The van der Waals surface area contributed by atoms with Crippen molar-refractivity contribution >= 4 is 28.3 Å². The average molecular weight is 455 g/mol. The van der Waals surface area contributed by atoms with E-state index in [4.69, 9.17) is 0 Å². The minimum atomic E-state index is -4.48. The first-order valence-corrected chi connectivity index (χ1v) is 11.0. The van der Waals surface area contributed by atoms with Gasteiger partial charge in [-0.15, -0.1) is 0 Å². The Morgan fingerprint density at radius 2 is 1.88 bits per heavy atom. The maximum atomic E-state index is 13.1. The quantitative estimate of drug-likeness (QED) is 0.455. The SMILES string of the molecule is CN(c1cccc2nc(C(F)(F)F)cn12)C1CCC(NC(=O)c2cccc3[nH]ccc23)CC1. The lowest BCUT2D eigenvalue weighted by Gasteiger charge is -2.36. The molecule has 9 heteroatoms. The van der Waals surface area contributed by atoms with Crippen molar-refractivity contribution in [3.8, 4) is 0 Å². The Kier molecular flexibility index (Phi) is 5.26. The molecular formula is C24H24F3N5O. The van der Waals surface area contributed by atoms with Gasteiger partial charge >= 0.3 is 6.18 Å². The number of rotatable bonds is 4. The van der Waals surface area contributed by atoms with E-state index in [0.29, 0.717) is 11.4 Å². The lowest BCUT2D eigenvalue weighted by atomic mass is 9.90. The predicted molar refractivity (Wildman–Crippen MR) is 120 cm³/mol. The first-order valence-electron chi connectivity index (χ1n) is 11.0. The molecule has 1 aromatic carbocycles. The Morgan fingerprint density at radius 1 is 1.12 bits per heavy atom. The highest BCUT2D eigenvalue weighted by atomic mass is 19.4. The van der Waals surface area contributed by atoms with E-state index in [2.05, 4.69) is 15.3 Å². The van der Waals surface area contributed by atoms with Crippen LogP contribution in [0.2, 0.25) is 0 Å². The van der Waals surface area contributed by atoms with E-state index in [1.807, 2.05) is 42.4 Å². The molecule has 33 heavy (non-hydrogen) atoms. The van der Waals surface area contributed by atoms with Gasteiger partial charge in [-0.1, -0.05) is 12.1 Å². The molecule has 0 radical (unpaired) electrons. The number of anilines is 1. The van der Waals surface area contributed by atoms with Crippen LogP contribution in [0.3, 0.4) is 0 Å². The largest absolute Gasteiger partial charge is 0.434 e. The predicted octanol–water partition coefficient (Wildman–Crippen LogP) is 5.01. The van der Waals surface area contributed by atoms with Crippen molar-refractivity contribution in [2.24, 2.45) is 0 Å². The zero-order valence-corrected chi connectivity index (χ0v) is 18.1. The number of hydrogen-bond acceptors (Lipinski definition) is 3. The fraction of sp³-hybridized carbons (Fsp3) is 0.333. The van der Waals surface area contributed by atoms with E-state index >= 15 is 0 Å². The molecule has 3 aromatic heterocycles. The molecule has 1 aliphatic carbocycles. The van der Waals surface area contributed by atoms with Crippen LogP contribution in [0.25, 0.3) is 16.6 Å². The van der Waals surface area contributed by atoms with Gasteiger partial charge < -0.3 is 15.2 Å². The number of fused-ring (bicyclic) bond motifs is 2. The molecule has 0 saturated heterocycles. The Balaban J connectivity index is 1.26. The summed E-state index contributed by atoms with van der Waals surface area (Å²) in [5.74, 6) is 0.585. The summed E-state index contributed by atoms with van der Waals surface area (Å²) >= 11 is 0. The molecule has 172 valence electrons. The molecule has 5 rings (SSSR count). The molecule has 3 heterocycles. The van der Waals surface area contributed by atoms with Crippen molar-refractivity contribution in [2.45, 2.75) is 43.9 Å². The smallest absolute Gasteiger partial charge is 0.361 e. The van der Waals surface area contributed by atoms with Crippen LogP contribution in [-0.2, 0) is 6.18 Å². The number of halogens is 3. The number of H-pyrrole nitrogens is 1.